The van der Waals surface area contributed by atoms with E-state index in [9.17, 15) is 9.59 Å². The summed E-state index contributed by atoms with van der Waals surface area (Å²) in [6.07, 6.45) is 0. The van der Waals surface area contributed by atoms with Gasteiger partial charge in [0, 0.05) is 5.57 Å². The van der Waals surface area contributed by atoms with Crippen LogP contribution in [0.25, 0.3) is 0 Å². The molecule has 0 bridgehead atoms. The van der Waals surface area contributed by atoms with Gasteiger partial charge in [-0.2, -0.15) is 0 Å². The standard InChI is InChI=1S/C14H16O3/c1-8(2)14(16)17-12-7-9(3)6-10(4)13(12)11(5)15/h6-7H,1H2,2-5H3. The number of benzene rings is 1. The van der Waals surface area contributed by atoms with E-state index < -0.39 is 5.97 Å². The molecule has 1 rings (SSSR count). The SMILES string of the molecule is C=C(C)C(=O)Oc1cc(C)cc(C)c1C(C)=O. The topological polar surface area (TPSA) is 43.4 Å². The smallest absolute Gasteiger partial charge is 0.338 e. The average Bonchev–Trinajstić information content (AvgIpc) is 2.14. The van der Waals surface area contributed by atoms with Gasteiger partial charge in [-0.1, -0.05) is 12.6 Å². The molecule has 1 aromatic carbocycles. The minimum atomic E-state index is -0.516. The van der Waals surface area contributed by atoms with Gasteiger partial charge in [-0.15, -0.1) is 0 Å². The maximum Gasteiger partial charge on any atom is 0.338 e. The quantitative estimate of drug-likeness (QED) is 0.348. The summed E-state index contributed by atoms with van der Waals surface area (Å²) in [5, 5.41) is 0. The van der Waals surface area contributed by atoms with Crippen LogP contribution in [0.5, 0.6) is 5.75 Å². The zero-order chi connectivity index (χ0) is 13.2. The lowest BCUT2D eigenvalue weighted by atomic mass is 10.0. The first-order valence-electron chi connectivity index (χ1n) is 5.32. The molecule has 3 heteroatoms. The largest absolute Gasteiger partial charge is 0.422 e. The van der Waals surface area contributed by atoms with Crippen molar-refractivity contribution in [2.24, 2.45) is 0 Å². The molecular weight excluding hydrogens is 216 g/mol. The number of Topliss-reactive ketones (excluding diaryl/α,β-unsaturated/α-hetero) is 1. The van der Waals surface area contributed by atoms with Crippen LogP contribution in [-0.2, 0) is 4.79 Å². The van der Waals surface area contributed by atoms with Crippen LogP contribution >= 0.6 is 0 Å². The molecule has 0 radical (unpaired) electrons. The number of hydrogen-bond donors (Lipinski definition) is 0. The van der Waals surface area contributed by atoms with Gasteiger partial charge < -0.3 is 4.74 Å². The summed E-state index contributed by atoms with van der Waals surface area (Å²) in [5.41, 5.74) is 2.50. The highest BCUT2D eigenvalue weighted by Gasteiger charge is 2.15. The highest BCUT2D eigenvalue weighted by atomic mass is 16.5. The zero-order valence-electron chi connectivity index (χ0n) is 10.6. The maximum atomic E-state index is 11.5. The number of ketones is 1. The number of aryl methyl sites for hydroxylation is 2. The molecule has 0 N–H and O–H groups in total. The van der Waals surface area contributed by atoms with Gasteiger partial charge in [0.2, 0.25) is 0 Å². The molecule has 0 saturated carbocycles. The lowest BCUT2D eigenvalue weighted by molar-refractivity contribution is -0.130. The number of carbonyl (C=O) groups excluding carboxylic acids is 2. The molecule has 0 fully saturated rings. The highest BCUT2D eigenvalue weighted by Crippen LogP contribution is 2.25. The Labute approximate surface area is 101 Å². The summed E-state index contributed by atoms with van der Waals surface area (Å²) >= 11 is 0. The van der Waals surface area contributed by atoms with Gasteiger partial charge in [-0.3, -0.25) is 4.79 Å². The normalized spacial score (nSPS) is 9.88. The number of esters is 1. The molecule has 0 aromatic heterocycles. The second-order valence-electron chi connectivity index (χ2n) is 4.18. The van der Waals surface area contributed by atoms with Crippen LogP contribution in [0.15, 0.2) is 24.3 Å². The molecule has 0 amide bonds. The third kappa shape index (κ3) is 3.03. The van der Waals surface area contributed by atoms with Crippen LogP contribution in [0.3, 0.4) is 0 Å². The van der Waals surface area contributed by atoms with Crippen molar-refractivity contribution in [3.63, 3.8) is 0 Å². The molecule has 0 heterocycles. The van der Waals surface area contributed by atoms with E-state index in [1.165, 1.54) is 6.92 Å². The molecule has 0 aliphatic heterocycles. The predicted molar refractivity (Wildman–Crippen MR) is 66.4 cm³/mol. The van der Waals surface area contributed by atoms with Crippen molar-refractivity contribution in [1.29, 1.82) is 0 Å². The first-order chi connectivity index (χ1) is 7.82. The monoisotopic (exact) mass is 232 g/mol. The Hall–Kier alpha value is -1.90. The number of carbonyl (C=O) groups is 2. The fourth-order valence-electron chi connectivity index (χ4n) is 1.65. The summed E-state index contributed by atoms with van der Waals surface area (Å²) in [5.74, 6) is -0.326. The van der Waals surface area contributed by atoms with E-state index in [0.29, 0.717) is 16.9 Å². The van der Waals surface area contributed by atoms with E-state index in [4.69, 9.17) is 4.74 Å². The molecule has 17 heavy (non-hydrogen) atoms. The molecule has 0 unspecified atom stereocenters. The maximum absolute atomic E-state index is 11.5. The van der Waals surface area contributed by atoms with Crippen LogP contribution in [0.4, 0.5) is 0 Å². The molecule has 1 aromatic rings. The van der Waals surface area contributed by atoms with Crippen molar-refractivity contribution in [2.75, 3.05) is 0 Å². The van der Waals surface area contributed by atoms with Gasteiger partial charge in [-0.05, 0) is 44.9 Å². The van der Waals surface area contributed by atoms with Crippen LogP contribution in [-0.4, -0.2) is 11.8 Å². The van der Waals surface area contributed by atoms with Crippen molar-refractivity contribution in [3.8, 4) is 5.75 Å². The van der Waals surface area contributed by atoms with Crippen LogP contribution in [0.1, 0.15) is 35.3 Å². The van der Waals surface area contributed by atoms with Crippen molar-refractivity contribution < 1.29 is 14.3 Å². The van der Waals surface area contributed by atoms with E-state index in [2.05, 4.69) is 6.58 Å². The van der Waals surface area contributed by atoms with Gasteiger partial charge in [-0.25, -0.2) is 4.79 Å². The summed E-state index contributed by atoms with van der Waals surface area (Å²) in [6.45, 7) is 10.2. The molecule has 0 aliphatic rings. The second kappa shape index (κ2) is 4.95. The Kier molecular flexibility index (Phi) is 3.84. The third-order valence-electron chi connectivity index (χ3n) is 2.35. The van der Waals surface area contributed by atoms with E-state index in [1.54, 1.807) is 13.0 Å². The Morgan fingerprint density at radius 2 is 1.76 bits per heavy atom. The summed E-state index contributed by atoms with van der Waals surface area (Å²) in [6, 6.07) is 3.57. The van der Waals surface area contributed by atoms with Gasteiger partial charge in [0.25, 0.3) is 0 Å². The van der Waals surface area contributed by atoms with Crippen molar-refractivity contribution >= 4 is 11.8 Å². The fraction of sp³-hybridized carbons (Fsp3) is 0.286. The summed E-state index contributed by atoms with van der Waals surface area (Å²) < 4.78 is 5.17. The molecule has 3 nitrogen and oxygen atoms in total. The molecule has 0 aliphatic carbocycles. The Morgan fingerprint density at radius 1 is 1.18 bits per heavy atom. The predicted octanol–water partition coefficient (Wildman–Crippen LogP) is 2.99. The summed E-state index contributed by atoms with van der Waals surface area (Å²) in [4.78, 5) is 23.0. The second-order valence-corrected chi connectivity index (χ2v) is 4.18. The molecule has 0 saturated heterocycles. The van der Waals surface area contributed by atoms with Gasteiger partial charge in [0.15, 0.2) is 5.78 Å². The van der Waals surface area contributed by atoms with Crippen LogP contribution in [0.2, 0.25) is 0 Å². The van der Waals surface area contributed by atoms with Gasteiger partial charge in [0.1, 0.15) is 5.75 Å². The molecule has 0 spiro atoms. The Bertz CT molecular complexity index is 498. The number of rotatable bonds is 3. The fourth-order valence-corrected chi connectivity index (χ4v) is 1.65. The number of hydrogen-bond acceptors (Lipinski definition) is 3. The van der Waals surface area contributed by atoms with E-state index in [1.807, 2.05) is 19.9 Å². The Morgan fingerprint density at radius 3 is 2.24 bits per heavy atom. The Balaban J connectivity index is 3.26. The minimum Gasteiger partial charge on any atom is -0.422 e. The molecular formula is C14H16O3. The van der Waals surface area contributed by atoms with E-state index in [-0.39, 0.29) is 5.78 Å². The zero-order valence-corrected chi connectivity index (χ0v) is 10.6. The lowest BCUT2D eigenvalue weighted by Gasteiger charge is -2.11. The first kappa shape index (κ1) is 13.2. The third-order valence-corrected chi connectivity index (χ3v) is 2.35. The van der Waals surface area contributed by atoms with E-state index in [0.717, 1.165) is 11.1 Å². The first-order valence-corrected chi connectivity index (χ1v) is 5.32. The van der Waals surface area contributed by atoms with Crippen molar-refractivity contribution in [3.05, 3.63) is 41.0 Å². The molecule has 90 valence electrons. The van der Waals surface area contributed by atoms with Crippen LogP contribution < -0.4 is 4.74 Å². The lowest BCUT2D eigenvalue weighted by Crippen LogP contribution is -2.12. The van der Waals surface area contributed by atoms with Gasteiger partial charge in [0.05, 0.1) is 5.56 Å². The van der Waals surface area contributed by atoms with Crippen molar-refractivity contribution in [1.82, 2.24) is 0 Å². The van der Waals surface area contributed by atoms with E-state index >= 15 is 0 Å². The average molecular weight is 232 g/mol. The van der Waals surface area contributed by atoms with Gasteiger partial charge >= 0.3 is 5.97 Å². The molecule has 0 atom stereocenters. The van der Waals surface area contributed by atoms with Crippen molar-refractivity contribution in [2.45, 2.75) is 27.7 Å². The summed E-state index contributed by atoms with van der Waals surface area (Å²) in [7, 11) is 0. The van der Waals surface area contributed by atoms with Crippen LogP contribution in [0, 0.1) is 13.8 Å². The number of ether oxygens (including phenoxy) is 1. The highest BCUT2D eigenvalue weighted by molar-refractivity contribution is 6.00. The minimum absolute atomic E-state index is 0.119.